The number of nitrogens with one attached hydrogen (secondary N) is 2. The van der Waals surface area contributed by atoms with Gasteiger partial charge < -0.3 is 10.1 Å². The van der Waals surface area contributed by atoms with E-state index in [0.29, 0.717) is 13.0 Å². The Morgan fingerprint density at radius 2 is 2.05 bits per heavy atom. The summed E-state index contributed by atoms with van der Waals surface area (Å²) >= 11 is 0. The van der Waals surface area contributed by atoms with E-state index in [1.807, 2.05) is 27.0 Å². The van der Waals surface area contributed by atoms with Gasteiger partial charge in [0.2, 0.25) is 10.0 Å². The first-order chi connectivity index (χ1) is 9.44. The van der Waals surface area contributed by atoms with Crippen molar-refractivity contribution in [2.75, 3.05) is 20.8 Å². The highest BCUT2D eigenvalue weighted by Gasteiger charge is 2.19. The van der Waals surface area contributed by atoms with Gasteiger partial charge in [0, 0.05) is 19.2 Å². The molecule has 6 heteroatoms. The number of methoxy groups -OCH3 is 1. The molecule has 0 aliphatic heterocycles. The Balaban J connectivity index is 2.97. The summed E-state index contributed by atoms with van der Waals surface area (Å²) in [5.74, 6) is 0. The van der Waals surface area contributed by atoms with Gasteiger partial charge in [-0.25, -0.2) is 13.1 Å². The molecule has 114 valence electrons. The van der Waals surface area contributed by atoms with E-state index in [1.165, 1.54) is 0 Å². The van der Waals surface area contributed by atoms with Gasteiger partial charge in [-0.1, -0.05) is 19.1 Å². The fourth-order valence-corrected chi connectivity index (χ4v) is 3.20. The Labute approximate surface area is 121 Å². The van der Waals surface area contributed by atoms with Crippen molar-refractivity contribution in [2.45, 2.75) is 37.2 Å². The lowest BCUT2D eigenvalue weighted by molar-refractivity contribution is 0.173. The lowest BCUT2D eigenvalue weighted by Gasteiger charge is -2.17. The van der Waals surface area contributed by atoms with Crippen LogP contribution < -0.4 is 10.0 Å². The number of rotatable bonds is 8. The Morgan fingerprint density at radius 1 is 1.35 bits per heavy atom. The maximum atomic E-state index is 12.4. The van der Waals surface area contributed by atoms with Crippen LogP contribution in [0.2, 0.25) is 0 Å². The molecular weight excluding hydrogens is 276 g/mol. The van der Waals surface area contributed by atoms with Crippen LogP contribution in [0.1, 0.15) is 31.9 Å². The van der Waals surface area contributed by atoms with Crippen molar-refractivity contribution < 1.29 is 13.2 Å². The standard InChI is InChI=1S/C14H24N2O3S/c1-5-13(10-19-4)16-20(17,18)14-8-6-7-12(9-14)11(2)15-3/h6-9,11,13,15-16H,5,10H2,1-4H3. The third kappa shape index (κ3) is 4.56. The van der Waals surface area contributed by atoms with Crippen LogP contribution in [0.25, 0.3) is 0 Å². The van der Waals surface area contributed by atoms with Crippen LogP contribution in [-0.2, 0) is 14.8 Å². The fourth-order valence-electron chi connectivity index (χ4n) is 1.84. The summed E-state index contributed by atoms with van der Waals surface area (Å²) in [5, 5.41) is 3.10. The zero-order chi connectivity index (χ0) is 15.2. The third-order valence-corrected chi connectivity index (χ3v) is 4.80. The molecule has 2 N–H and O–H groups in total. The molecule has 2 unspecified atom stereocenters. The van der Waals surface area contributed by atoms with Gasteiger partial charge in [0.15, 0.2) is 0 Å². The Hall–Kier alpha value is -0.950. The largest absolute Gasteiger partial charge is 0.383 e. The zero-order valence-corrected chi connectivity index (χ0v) is 13.3. The van der Waals surface area contributed by atoms with Crippen molar-refractivity contribution in [3.05, 3.63) is 29.8 Å². The fraction of sp³-hybridized carbons (Fsp3) is 0.571. The van der Waals surface area contributed by atoms with Crippen LogP contribution in [0.3, 0.4) is 0 Å². The minimum absolute atomic E-state index is 0.103. The molecule has 1 aromatic rings. The Kier molecular flexibility index (Phi) is 6.61. The molecule has 0 radical (unpaired) electrons. The quantitative estimate of drug-likeness (QED) is 0.766. The van der Waals surface area contributed by atoms with Crippen LogP contribution in [0.4, 0.5) is 0 Å². The van der Waals surface area contributed by atoms with Crippen molar-refractivity contribution in [3.8, 4) is 0 Å². The van der Waals surface area contributed by atoms with E-state index in [1.54, 1.807) is 25.3 Å². The van der Waals surface area contributed by atoms with E-state index in [2.05, 4.69) is 10.0 Å². The van der Waals surface area contributed by atoms with E-state index in [4.69, 9.17) is 4.74 Å². The molecule has 0 saturated heterocycles. The number of hydrogen-bond acceptors (Lipinski definition) is 4. The van der Waals surface area contributed by atoms with Crippen molar-refractivity contribution in [3.63, 3.8) is 0 Å². The van der Waals surface area contributed by atoms with Gasteiger partial charge in [-0.3, -0.25) is 0 Å². The Bertz CT molecular complexity index is 517. The first-order valence-corrected chi connectivity index (χ1v) is 8.21. The summed E-state index contributed by atoms with van der Waals surface area (Å²) in [6.07, 6.45) is 0.680. The molecule has 1 rings (SSSR count). The van der Waals surface area contributed by atoms with Gasteiger partial charge in [0.05, 0.1) is 11.5 Å². The number of benzene rings is 1. The van der Waals surface area contributed by atoms with Crippen LogP contribution in [0, 0.1) is 0 Å². The highest BCUT2D eigenvalue weighted by atomic mass is 32.2. The summed E-state index contributed by atoms with van der Waals surface area (Å²) in [6, 6.07) is 6.86. The minimum Gasteiger partial charge on any atom is -0.383 e. The van der Waals surface area contributed by atoms with Gasteiger partial charge in [-0.15, -0.1) is 0 Å². The van der Waals surface area contributed by atoms with Gasteiger partial charge >= 0.3 is 0 Å². The molecule has 0 aromatic heterocycles. The second-order valence-electron chi connectivity index (χ2n) is 4.76. The normalized spacial score (nSPS) is 15.0. The average Bonchev–Trinajstić information content (AvgIpc) is 2.45. The molecule has 0 aliphatic carbocycles. The van der Waals surface area contributed by atoms with Crippen LogP contribution in [0.15, 0.2) is 29.2 Å². The Morgan fingerprint density at radius 3 is 2.60 bits per heavy atom. The predicted octanol–water partition coefficient (Wildman–Crippen LogP) is 1.67. The SMILES string of the molecule is CCC(COC)NS(=O)(=O)c1cccc(C(C)NC)c1. The van der Waals surface area contributed by atoms with Crippen molar-refractivity contribution in [2.24, 2.45) is 0 Å². The number of sulfonamides is 1. The third-order valence-electron chi connectivity index (χ3n) is 3.28. The van der Waals surface area contributed by atoms with Gasteiger partial charge in [0.1, 0.15) is 0 Å². The summed E-state index contributed by atoms with van der Waals surface area (Å²) < 4.78 is 32.4. The minimum atomic E-state index is -3.52. The molecule has 0 spiro atoms. The summed E-state index contributed by atoms with van der Waals surface area (Å²) in [5.41, 5.74) is 0.940. The summed E-state index contributed by atoms with van der Waals surface area (Å²) in [4.78, 5) is 0.284. The smallest absolute Gasteiger partial charge is 0.240 e. The van der Waals surface area contributed by atoms with Gasteiger partial charge in [-0.2, -0.15) is 0 Å². The summed E-state index contributed by atoms with van der Waals surface area (Å²) in [7, 11) is -0.111. The van der Waals surface area contributed by atoms with E-state index in [0.717, 1.165) is 5.56 Å². The molecule has 20 heavy (non-hydrogen) atoms. The second kappa shape index (κ2) is 7.73. The summed E-state index contributed by atoms with van der Waals surface area (Å²) in [6.45, 7) is 4.27. The molecule has 0 bridgehead atoms. The second-order valence-corrected chi connectivity index (χ2v) is 6.48. The average molecular weight is 300 g/mol. The predicted molar refractivity (Wildman–Crippen MR) is 80.2 cm³/mol. The van der Waals surface area contributed by atoms with Crippen LogP contribution in [-0.4, -0.2) is 35.2 Å². The first kappa shape index (κ1) is 17.1. The molecule has 0 amide bonds. The van der Waals surface area contributed by atoms with E-state index in [9.17, 15) is 8.42 Å². The molecule has 0 saturated carbocycles. The molecule has 0 heterocycles. The highest BCUT2D eigenvalue weighted by molar-refractivity contribution is 7.89. The lowest BCUT2D eigenvalue weighted by Crippen LogP contribution is -2.37. The maximum absolute atomic E-state index is 12.4. The molecular formula is C14H24N2O3S. The van der Waals surface area contributed by atoms with Gasteiger partial charge in [-0.05, 0) is 38.1 Å². The molecule has 0 aliphatic rings. The van der Waals surface area contributed by atoms with Crippen molar-refractivity contribution in [1.29, 1.82) is 0 Å². The molecule has 5 nitrogen and oxygen atoms in total. The zero-order valence-electron chi connectivity index (χ0n) is 12.5. The topological polar surface area (TPSA) is 67.4 Å². The lowest BCUT2D eigenvalue weighted by atomic mass is 10.1. The van der Waals surface area contributed by atoms with E-state index >= 15 is 0 Å². The monoisotopic (exact) mass is 300 g/mol. The van der Waals surface area contributed by atoms with Crippen molar-refractivity contribution in [1.82, 2.24) is 10.0 Å². The van der Waals surface area contributed by atoms with E-state index < -0.39 is 10.0 Å². The molecule has 0 fully saturated rings. The van der Waals surface area contributed by atoms with Gasteiger partial charge in [0.25, 0.3) is 0 Å². The van der Waals surface area contributed by atoms with Crippen molar-refractivity contribution >= 4 is 10.0 Å². The molecule has 2 atom stereocenters. The molecule has 1 aromatic carbocycles. The van der Waals surface area contributed by atoms with E-state index in [-0.39, 0.29) is 17.0 Å². The van der Waals surface area contributed by atoms with Crippen LogP contribution >= 0.6 is 0 Å². The maximum Gasteiger partial charge on any atom is 0.240 e. The van der Waals surface area contributed by atoms with Crippen LogP contribution in [0.5, 0.6) is 0 Å². The number of hydrogen-bond donors (Lipinski definition) is 2. The number of ether oxygens (including phenoxy) is 1. The first-order valence-electron chi connectivity index (χ1n) is 6.73. The highest BCUT2D eigenvalue weighted by Crippen LogP contribution is 2.17.